The van der Waals surface area contributed by atoms with Crippen molar-refractivity contribution in [3.63, 3.8) is 0 Å². The van der Waals surface area contributed by atoms with Crippen LogP contribution in [0.2, 0.25) is 0 Å². The van der Waals surface area contributed by atoms with Gasteiger partial charge in [0.25, 0.3) is 0 Å². The number of carbonyl (C=O) groups is 1. The summed E-state index contributed by atoms with van der Waals surface area (Å²) in [6.45, 7) is 3.88. The largest absolute Gasteiger partial charge is 0.478 e. The number of pyridine rings is 1. The molecule has 1 N–H and O–H groups in total. The molecular formula is C21H16N2O2. The van der Waals surface area contributed by atoms with Gasteiger partial charge in [0.2, 0.25) is 0 Å². The summed E-state index contributed by atoms with van der Waals surface area (Å²) in [4.78, 5) is 15.9. The predicted molar refractivity (Wildman–Crippen MR) is 96.3 cm³/mol. The van der Waals surface area contributed by atoms with Gasteiger partial charge in [-0.15, -0.1) is 0 Å². The van der Waals surface area contributed by atoms with E-state index in [0.29, 0.717) is 22.4 Å². The lowest BCUT2D eigenvalue weighted by molar-refractivity contribution is 0.0697. The SMILES string of the molecule is Cc1ccc(-c2cc(C(=O)O)cc(-c3cc(C)ccc3C#N)c2)nc1. The molecule has 0 aliphatic carbocycles. The summed E-state index contributed by atoms with van der Waals surface area (Å²) in [6.07, 6.45) is 1.75. The number of carboxylic acid groups (broad SMARTS) is 1. The van der Waals surface area contributed by atoms with Crippen LogP contribution in [-0.2, 0) is 0 Å². The first-order chi connectivity index (χ1) is 12.0. The molecule has 0 amide bonds. The second-order valence-corrected chi connectivity index (χ2v) is 5.99. The number of hydrogen-bond donors (Lipinski definition) is 1. The fraction of sp³-hybridized carbons (Fsp3) is 0.0952. The minimum atomic E-state index is -1.01. The minimum absolute atomic E-state index is 0.167. The van der Waals surface area contributed by atoms with Crippen LogP contribution < -0.4 is 0 Å². The summed E-state index contributed by atoms with van der Waals surface area (Å²) in [5.74, 6) is -1.01. The van der Waals surface area contributed by atoms with Gasteiger partial charge in [-0.1, -0.05) is 23.8 Å². The van der Waals surface area contributed by atoms with Gasteiger partial charge in [0.1, 0.15) is 0 Å². The van der Waals surface area contributed by atoms with E-state index >= 15 is 0 Å². The molecule has 0 spiro atoms. The van der Waals surface area contributed by atoms with E-state index < -0.39 is 5.97 Å². The van der Waals surface area contributed by atoms with Crippen LogP contribution in [0, 0.1) is 25.2 Å². The Hall–Kier alpha value is -3.45. The van der Waals surface area contributed by atoms with E-state index in [2.05, 4.69) is 11.1 Å². The van der Waals surface area contributed by atoms with Crippen molar-refractivity contribution in [1.29, 1.82) is 5.26 Å². The topological polar surface area (TPSA) is 74.0 Å². The molecule has 0 unspecified atom stereocenters. The lowest BCUT2D eigenvalue weighted by atomic mass is 9.94. The molecule has 0 bridgehead atoms. The van der Waals surface area contributed by atoms with Crippen LogP contribution in [0.3, 0.4) is 0 Å². The van der Waals surface area contributed by atoms with E-state index in [9.17, 15) is 15.2 Å². The molecule has 0 radical (unpaired) electrons. The van der Waals surface area contributed by atoms with Crippen molar-refractivity contribution in [3.05, 3.63) is 77.0 Å². The quantitative estimate of drug-likeness (QED) is 0.762. The first-order valence-electron chi connectivity index (χ1n) is 7.80. The average molecular weight is 328 g/mol. The molecule has 122 valence electrons. The van der Waals surface area contributed by atoms with Crippen molar-refractivity contribution in [2.24, 2.45) is 0 Å². The normalized spacial score (nSPS) is 10.3. The third-order valence-corrected chi connectivity index (χ3v) is 3.99. The predicted octanol–water partition coefficient (Wildman–Crippen LogP) is 4.60. The van der Waals surface area contributed by atoms with Gasteiger partial charge in [-0.25, -0.2) is 4.79 Å². The third-order valence-electron chi connectivity index (χ3n) is 3.99. The number of aromatic carboxylic acids is 1. The zero-order chi connectivity index (χ0) is 18.0. The molecule has 4 nitrogen and oxygen atoms in total. The minimum Gasteiger partial charge on any atom is -0.478 e. The summed E-state index contributed by atoms with van der Waals surface area (Å²) < 4.78 is 0. The van der Waals surface area contributed by atoms with Crippen molar-refractivity contribution < 1.29 is 9.90 Å². The maximum absolute atomic E-state index is 11.6. The van der Waals surface area contributed by atoms with Crippen LogP contribution in [0.15, 0.2) is 54.7 Å². The molecule has 0 saturated carbocycles. The number of nitrogens with zero attached hydrogens (tertiary/aromatic N) is 2. The molecule has 4 heteroatoms. The number of hydrogen-bond acceptors (Lipinski definition) is 3. The van der Waals surface area contributed by atoms with Gasteiger partial charge in [0.15, 0.2) is 0 Å². The van der Waals surface area contributed by atoms with Crippen LogP contribution >= 0.6 is 0 Å². The maximum atomic E-state index is 11.6. The van der Waals surface area contributed by atoms with Crippen molar-refractivity contribution >= 4 is 5.97 Å². The monoisotopic (exact) mass is 328 g/mol. The Morgan fingerprint density at radius 3 is 2.36 bits per heavy atom. The number of aromatic nitrogens is 1. The second-order valence-electron chi connectivity index (χ2n) is 5.99. The molecule has 3 aromatic rings. The first-order valence-corrected chi connectivity index (χ1v) is 7.80. The number of benzene rings is 2. The summed E-state index contributed by atoms with van der Waals surface area (Å²) >= 11 is 0. The molecule has 2 aromatic carbocycles. The highest BCUT2D eigenvalue weighted by molar-refractivity contribution is 5.92. The van der Waals surface area contributed by atoms with Gasteiger partial charge in [0, 0.05) is 11.8 Å². The van der Waals surface area contributed by atoms with Crippen molar-refractivity contribution in [2.75, 3.05) is 0 Å². The molecule has 0 saturated heterocycles. The molecule has 25 heavy (non-hydrogen) atoms. The van der Waals surface area contributed by atoms with E-state index in [1.165, 1.54) is 0 Å². The summed E-state index contributed by atoms with van der Waals surface area (Å²) in [5, 5.41) is 18.9. The van der Waals surface area contributed by atoms with Gasteiger partial charge < -0.3 is 5.11 Å². The highest BCUT2D eigenvalue weighted by Gasteiger charge is 2.13. The Balaban J connectivity index is 2.24. The van der Waals surface area contributed by atoms with E-state index in [0.717, 1.165) is 16.7 Å². The fourth-order valence-electron chi connectivity index (χ4n) is 2.69. The van der Waals surface area contributed by atoms with E-state index in [1.54, 1.807) is 24.4 Å². The Bertz CT molecular complexity index is 999. The number of aryl methyl sites for hydroxylation is 2. The second kappa shape index (κ2) is 6.58. The van der Waals surface area contributed by atoms with Crippen molar-refractivity contribution in [2.45, 2.75) is 13.8 Å². The molecule has 1 heterocycles. The van der Waals surface area contributed by atoms with Crippen LogP contribution in [0.1, 0.15) is 27.0 Å². The lowest BCUT2D eigenvalue weighted by Gasteiger charge is -2.10. The first kappa shape index (κ1) is 16.4. The van der Waals surface area contributed by atoms with Gasteiger partial charge in [-0.3, -0.25) is 4.98 Å². The van der Waals surface area contributed by atoms with Gasteiger partial charge >= 0.3 is 5.97 Å². The van der Waals surface area contributed by atoms with Crippen LogP contribution in [0.5, 0.6) is 0 Å². The van der Waals surface area contributed by atoms with Crippen molar-refractivity contribution in [3.8, 4) is 28.5 Å². The fourth-order valence-corrected chi connectivity index (χ4v) is 2.69. The summed E-state index contributed by atoms with van der Waals surface area (Å²) in [5.41, 5.74) is 5.53. The van der Waals surface area contributed by atoms with Gasteiger partial charge in [0.05, 0.1) is 22.9 Å². The Morgan fingerprint density at radius 1 is 1.00 bits per heavy atom. The third kappa shape index (κ3) is 3.41. The standard InChI is InChI=1S/C21H16N2O2/c1-13-3-5-15(11-22)19(7-13)16-8-17(10-18(9-16)21(24)25)20-6-4-14(2)12-23-20/h3-10,12H,1-2H3,(H,24,25). The lowest BCUT2D eigenvalue weighted by Crippen LogP contribution is -1.99. The zero-order valence-electron chi connectivity index (χ0n) is 13.9. The molecule has 0 atom stereocenters. The maximum Gasteiger partial charge on any atom is 0.335 e. The Morgan fingerprint density at radius 2 is 1.72 bits per heavy atom. The van der Waals surface area contributed by atoms with E-state index in [-0.39, 0.29) is 5.56 Å². The smallest absolute Gasteiger partial charge is 0.335 e. The van der Waals surface area contributed by atoms with Gasteiger partial charge in [-0.2, -0.15) is 5.26 Å². The molecular weight excluding hydrogens is 312 g/mol. The molecule has 0 fully saturated rings. The number of carboxylic acids is 1. The summed E-state index contributed by atoms with van der Waals surface area (Å²) in [6, 6.07) is 16.6. The number of nitriles is 1. The Labute approximate surface area is 146 Å². The zero-order valence-corrected chi connectivity index (χ0v) is 13.9. The van der Waals surface area contributed by atoms with E-state index in [1.807, 2.05) is 44.2 Å². The molecule has 1 aromatic heterocycles. The van der Waals surface area contributed by atoms with Gasteiger partial charge in [-0.05, 0) is 60.9 Å². The summed E-state index contributed by atoms with van der Waals surface area (Å²) in [7, 11) is 0. The number of rotatable bonds is 3. The highest BCUT2D eigenvalue weighted by atomic mass is 16.4. The molecule has 0 aliphatic heterocycles. The van der Waals surface area contributed by atoms with Crippen LogP contribution in [0.25, 0.3) is 22.4 Å². The van der Waals surface area contributed by atoms with Crippen LogP contribution in [-0.4, -0.2) is 16.1 Å². The average Bonchev–Trinajstić information content (AvgIpc) is 2.62. The Kier molecular flexibility index (Phi) is 4.32. The van der Waals surface area contributed by atoms with E-state index in [4.69, 9.17) is 0 Å². The highest BCUT2D eigenvalue weighted by Crippen LogP contribution is 2.30. The van der Waals surface area contributed by atoms with Crippen molar-refractivity contribution in [1.82, 2.24) is 4.98 Å². The van der Waals surface area contributed by atoms with Crippen LogP contribution in [0.4, 0.5) is 0 Å². The molecule has 0 aliphatic rings. The molecule has 3 rings (SSSR count).